The second-order valence-corrected chi connectivity index (χ2v) is 10.8. The number of hydrogen-bond acceptors (Lipinski definition) is 10. The largest absolute Gasteiger partial charge is 0.490 e. The zero-order chi connectivity index (χ0) is 23.1. The van der Waals surface area contributed by atoms with Crippen molar-refractivity contribution >= 4 is 23.5 Å². The normalized spacial score (nSPS) is 33.8. The first-order valence-electron chi connectivity index (χ1n) is 7.84. The molecule has 6 N–H and O–H groups in total. The highest BCUT2D eigenvalue weighted by atomic mass is 31.3. The molecule has 3 unspecified atom stereocenters. The Hall–Kier alpha value is -0.920. The minimum absolute atomic E-state index is 0.166. The Labute approximate surface area is 169 Å². The van der Waals surface area contributed by atoms with Crippen LogP contribution in [0.1, 0.15) is 6.92 Å². The third kappa shape index (κ3) is 6.30. The highest BCUT2D eigenvalue weighted by molar-refractivity contribution is 7.66. The molecule has 2 aliphatic rings. The molecule has 0 aromatic carbocycles. The summed E-state index contributed by atoms with van der Waals surface area (Å²) in [6.07, 6.45) is -2.52. The number of ether oxygens (including phenoxy) is 1. The van der Waals surface area contributed by atoms with Gasteiger partial charge in [0.15, 0.2) is 12.4 Å². The van der Waals surface area contributed by atoms with E-state index in [0.29, 0.717) is 5.70 Å². The van der Waals surface area contributed by atoms with Crippen molar-refractivity contribution in [3.8, 4) is 0 Å². The second-order valence-electron chi connectivity index (χ2n) is 6.39. The van der Waals surface area contributed by atoms with Crippen LogP contribution in [0.3, 0.4) is 0 Å². The molecular weight excluding hydrogens is 476 g/mol. The van der Waals surface area contributed by atoms with Gasteiger partial charge in [-0.1, -0.05) is 13.2 Å². The van der Waals surface area contributed by atoms with E-state index in [1.54, 1.807) is 0 Å². The number of phosphoric acid groups is 3. The predicted octanol–water partition coefficient (Wildman–Crippen LogP) is 0.547. The SMILES string of the molecule is C=C1C=CN([C@@H]2O[C@](C)(COP(=O)(O)OP(=O)(O)OP(=O)(O)O)[C@H](O)C2F)C(=C)N1. The smallest absolute Gasteiger partial charge is 0.387 e. The summed E-state index contributed by atoms with van der Waals surface area (Å²) in [4.78, 5) is 36.8. The number of allylic oxidation sites excluding steroid dienone is 1. The quantitative estimate of drug-likeness (QED) is 0.254. The maximum Gasteiger partial charge on any atom is 0.490 e. The van der Waals surface area contributed by atoms with Gasteiger partial charge in [0, 0.05) is 11.9 Å². The van der Waals surface area contributed by atoms with E-state index in [4.69, 9.17) is 19.4 Å². The van der Waals surface area contributed by atoms with E-state index in [1.165, 1.54) is 17.2 Å². The number of alkyl halides is 1. The summed E-state index contributed by atoms with van der Waals surface area (Å²) in [6.45, 7) is 7.38. The van der Waals surface area contributed by atoms with E-state index >= 15 is 0 Å². The Morgan fingerprint density at radius 3 is 2.37 bits per heavy atom. The maximum atomic E-state index is 14.7. The summed E-state index contributed by atoms with van der Waals surface area (Å²) in [5.74, 6) is 0.166. The van der Waals surface area contributed by atoms with Crippen molar-refractivity contribution < 1.29 is 60.6 Å². The Morgan fingerprint density at radius 2 is 1.83 bits per heavy atom. The molecule has 0 aromatic rings. The van der Waals surface area contributed by atoms with Crippen molar-refractivity contribution in [3.63, 3.8) is 0 Å². The molecule has 0 aliphatic carbocycles. The summed E-state index contributed by atoms with van der Waals surface area (Å²) in [6, 6.07) is 0. The molecular formula is C12H20FN2O12P3. The summed E-state index contributed by atoms with van der Waals surface area (Å²) in [5, 5.41) is 12.9. The molecule has 30 heavy (non-hydrogen) atoms. The van der Waals surface area contributed by atoms with Crippen LogP contribution in [0, 0.1) is 0 Å². The van der Waals surface area contributed by atoms with Gasteiger partial charge in [-0.25, -0.2) is 18.1 Å². The fourth-order valence-electron chi connectivity index (χ4n) is 2.54. The van der Waals surface area contributed by atoms with E-state index in [-0.39, 0.29) is 5.82 Å². The number of halogens is 1. The van der Waals surface area contributed by atoms with Crippen LogP contribution in [0.5, 0.6) is 0 Å². The number of aliphatic hydroxyl groups excluding tert-OH is 1. The molecule has 2 rings (SSSR count). The molecule has 0 amide bonds. The molecule has 6 atom stereocenters. The topological polar surface area (TPSA) is 205 Å². The molecule has 1 saturated heterocycles. The molecule has 0 bridgehead atoms. The Kier molecular flexibility index (Phi) is 7.22. The monoisotopic (exact) mass is 496 g/mol. The third-order valence-electron chi connectivity index (χ3n) is 3.85. The highest BCUT2D eigenvalue weighted by Gasteiger charge is 2.56. The second kappa shape index (κ2) is 8.55. The summed E-state index contributed by atoms with van der Waals surface area (Å²) in [7, 11) is -16.7. The van der Waals surface area contributed by atoms with Gasteiger partial charge in [-0.3, -0.25) is 4.52 Å². The van der Waals surface area contributed by atoms with Crippen LogP contribution in [-0.2, 0) is 31.6 Å². The van der Waals surface area contributed by atoms with Crippen molar-refractivity contribution in [1.82, 2.24) is 10.2 Å². The van der Waals surface area contributed by atoms with Gasteiger partial charge in [0.2, 0.25) is 0 Å². The van der Waals surface area contributed by atoms with E-state index in [2.05, 4.69) is 31.6 Å². The van der Waals surface area contributed by atoms with Gasteiger partial charge in [-0.2, -0.15) is 8.62 Å². The number of aliphatic hydroxyl groups is 1. The number of hydrogen-bond donors (Lipinski definition) is 6. The Morgan fingerprint density at radius 1 is 1.23 bits per heavy atom. The van der Waals surface area contributed by atoms with Crippen molar-refractivity contribution in [3.05, 3.63) is 37.0 Å². The number of phosphoric ester groups is 1. The summed E-state index contributed by atoms with van der Waals surface area (Å²) >= 11 is 0. The minimum atomic E-state index is -5.72. The third-order valence-corrected chi connectivity index (χ3v) is 7.63. The van der Waals surface area contributed by atoms with Crippen LogP contribution >= 0.6 is 23.5 Å². The maximum absolute atomic E-state index is 14.7. The van der Waals surface area contributed by atoms with E-state index in [1.807, 2.05) is 0 Å². The van der Waals surface area contributed by atoms with E-state index < -0.39 is 54.2 Å². The highest BCUT2D eigenvalue weighted by Crippen LogP contribution is 2.66. The van der Waals surface area contributed by atoms with Gasteiger partial charge in [-0.05, 0) is 13.0 Å². The van der Waals surface area contributed by atoms with Gasteiger partial charge in [0.1, 0.15) is 17.5 Å². The van der Waals surface area contributed by atoms with Gasteiger partial charge in [0.25, 0.3) is 0 Å². The van der Waals surface area contributed by atoms with Crippen molar-refractivity contribution in [2.75, 3.05) is 6.61 Å². The first-order chi connectivity index (χ1) is 13.4. The van der Waals surface area contributed by atoms with Crippen LogP contribution in [0.15, 0.2) is 37.0 Å². The van der Waals surface area contributed by atoms with Crippen molar-refractivity contribution in [2.45, 2.75) is 31.0 Å². The lowest BCUT2D eigenvalue weighted by atomic mass is 9.99. The summed E-state index contributed by atoms with van der Waals surface area (Å²) < 4.78 is 65.5. The van der Waals surface area contributed by atoms with Gasteiger partial charge >= 0.3 is 23.5 Å². The molecule has 172 valence electrons. The fourth-order valence-corrected chi connectivity index (χ4v) is 5.65. The Balaban J connectivity index is 2.08. The molecule has 2 aliphatic heterocycles. The van der Waals surface area contributed by atoms with Gasteiger partial charge in [-0.15, -0.1) is 0 Å². The fraction of sp³-hybridized carbons (Fsp3) is 0.500. The first-order valence-corrected chi connectivity index (χ1v) is 12.4. The number of nitrogens with one attached hydrogen (secondary N) is 1. The van der Waals surface area contributed by atoms with Crippen LogP contribution in [-0.4, -0.2) is 60.3 Å². The standard InChI is InChI=1S/C12H20FN2O12P3/c1-7-4-5-15(8(2)14-7)11-9(13)10(16)12(3,25-11)6-24-29(20,21)27-30(22,23)26-28(17,18)19/h4-5,9-11,14,16H,1-2,6H2,3H3,(H,20,21)(H,22,23)(H2,17,18,19)/t9?,10-,11-,12-/m1/s1. The average molecular weight is 496 g/mol. The van der Waals surface area contributed by atoms with Gasteiger partial charge in [0.05, 0.1) is 6.61 Å². The Bertz CT molecular complexity index is 892. The van der Waals surface area contributed by atoms with Gasteiger partial charge < -0.3 is 39.6 Å². The van der Waals surface area contributed by atoms with Crippen molar-refractivity contribution in [1.29, 1.82) is 0 Å². The van der Waals surface area contributed by atoms with Crippen LogP contribution < -0.4 is 5.32 Å². The average Bonchev–Trinajstić information content (AvgIpc) is 2.75. The molecule has 2 heterocycles. The lowest BCUT2D eigenvalue weighted by Crippen LogP contribution is -2.43. The van der Waals surface area contributed by atoms with Crippen LogP contribution in [0.25, 0.3) is 0 Å². The zero-order valence-electron chi connectivity index (χ0n) is 15.3. The lowest BCUT2D eigenvalue weighted by molar-refractivity contribution is -0.122. The molecule has 0 spiro atoms. The van der Waals surface area contributed by atoms with Crippen LogP contribution in [0.2, 0.25) is 0 Å². The molecule has 0 aromatic heterocycles. The number of rotatable bonds is 8. The molecule has 1 fully saturated rings. The predicted molar refractivity (Wildman–Crippen MR) is 96.4 cm³/mol. The van der Waals surface area contributed by atoms with E-state index in [9.17, 15) is 28.1 Å². The molecule has 18 heteroatoms. The molecule has 0 saturated carbocycles. The van der Waals surface area contributed by atoms with E-state index in [0.717, 1.165) is 6.92 Å². The molecule has 14 nitrogen and oxygen atoms in total. The number of nitrogens with zero attached hydrogens (tertiary/aromatic N) is 1. The van der Waals surface area contributed by atoms with Crippen molar-refractivity contribution in [2.24, 2.45) is 0 Å². The summed E-state index contributed by atoms with van der Waals surface area (Å²) in [5.41, 5.74) is -1.49. The first kappa shape index (κ1) is 25.3. The minimum Gasteiger partial charge on any atom is -0.387 e. The molecule has 0 radical (unpaired) electrons. The lowest BCUT2D eigenvalue weighted by Gasteiger charge is -2.34. The zero-order valence-corrected chi connectivity index (χ0v) is 18.0. The van der Waals surface area contributed by atoms with Crippen LogP contribution in [0.4, 0.5) is 4.39 Å².